The molecule has 1 aliphatic heterocycles. The van der Waals surface area contributed by atoms with Crippen molar-refractivity contribution in [1.82, 2.24) is 15.1 Å². The summed E-state index contributed by atoms with van der Waals surface area (Å²) in [4.78, 5) is 26.3. The Hall–Kier alpha value is -3.81. The maximum atomic E-state index is 13.2. The molecule has 2 aromatic carbocycles. The van der Waals surface area contributed by atoms with Crippen molar-refractivity contribution in [2.24, 2.45) is 7.05 Å². The summed E-state index contributed by atoms with van der Waals surface area (Å²) < 4.78 is 12.9. The van der Waals surface area contributed by atoms with Crippen LogP contribution < -0.4 is 20.1 Å². The van der Waals surface area contributed by atoms with Gasteiger partial charge in [-0.05, 0) is 50.6 Å². The van der Waals surface area contributed by atoms with E-state index in [1.54, 1.807) is 31.0 Å². The predicted octanol–water partition coefficient (Wildman–Crippen LogP) is 3.33. The third kappa shape index (κ3) is 4.16. The molecule has 0 fully saturated rings. The second-order valence-corrected chi connectivity index (χ2v) is 8.10. The van der Waals surface area contributed by atoms with Gasteiger partial charge in [0, 0.05) is 24.1 Å². The van der Waals surface area contributed by atoms with Crippen LogP contribution in [-0.2, 0) is 11.8 Å². The molecule has 3 aromatic rings. The van der Waals surface area contributed by atoms with Crippen molar-refractivity contribution in [3.05, 3.63) is 70.4 Å². The fraction of sp³-hybridized carbons (Fsp3) is 0.320. The number of ether oxygens (including phenoxy) is 2. The standard InChI is InChI=1S/C25H28N4O4/c1-6-33-18-11-10-16(13-19(18)32-5)21-20-15(3)28-29(4)23(20)27-25(31)22(21)26-24(30)17-9-7-8-14(2)12-17/h7-13,21-22H,6H2,1-5H3,(H,26,30)(H,27,31)/t21-,22+/m1/s1. The number of amides is 2. The highest BCUT2D eigenvalue weighted by molar-refractivity contribution is 6.04. The van der Waals surface area contributed by atoms with E-state index >= 15 is 0 Å². The van der Waals surface area contributed by atoms with Gasteiger partial charge in [0.1, 0.15) is 11.9 Å². The summed E-state index contributed by atoms with van der Waals surface area (Å²) in [5.74, 6) is 0.730. The molecular formula is C25H28N4O4. The van der Waals surface area contributed by atoms with Crippen molar-refractivity contribution < 1.29 is 19.1 Å². The van der Waals surface area contributed by atoms with Gasteiger partial charge in [-0.1, -0.05) is 23.8 Å². The topological polar surface area (TPSA) is 94.5 Å². The molecule has 1 aromatic heterocycles. The average Bonchev–Trinajstić information content (AvgIpc) is 3.07. The van der Waals surface area contributed by atoms with Crippen LogP contribution in [0.2, 0.25) is 0 Å². The molecule has 2 N–H and O–H groups in total. The van der Waals surface area contributed by atoms with Crippen molar-refractivity contribution in [1.29, 1.82) is 0 Å². The minimum Gasteiger partial charge on any atom is -0.493 e. The minimum atomic E-state index is -0.837. The van der Waals surface area contributed by atoms with Crippen LogP contribution in [0, 0.1) is 13.8 Å². The Morgan fingerprint density at radius 1 is 1.18 bits per heavy atom. The van der Waals surface area contributed by atoms with Gasteiger partial charge in [0.05, 0.1) is 19.4 Å². The summed E-state index contributed by atoms with van der Waals surface area (Å²) in [6, 6.07) is 12.0. The van der Waals surface area contributed by atoms with Crippen molar-refractivity contribution in [2.45, 2.75) is 32.7 Å². The van der Waals surface area contributed by atoms with Crippen molar-refractivity contribution in [3.8, 4) is 11.5 Å². The highest BCUT2D eigenvalue weighted by Gasteiger charge is 2.41. The molecule has 0 aliphatic carbocycles. The SMILES string of the molecule is CCOc1ccc([C@@H]2c3c(C)nn(C)c3NC(=O)[C@H]2NC(=O)c2cccc(C)c2)cc1OC. The van der Waals surface area contributed by atoms with Crippen LogP contribution in [0.25, 0.3) is 0 Å². The highest BCUT2D eigenvalue weighted by atomic mass is 16.5. The average molecular weight is 449 g/mol. The second-order valence-electron chi connectivity index (χ2n) is 8.10. The van der Waals surface area contributed by atoms with Crippen molar-refractivity contribution in [2.75, 3.05) is 19.0 Å². The number of aromatic nitrogens is 2. The Morgan fingerprint density at radius 3 is 2.67 bits per heavy atom. The van der Waals surface area contributed by atoms with E-state index in [0.717, 1.165) is 22.4 Å². The maximum absolute atomic E-state index is 13.2. The summed E-state index contributed by atoms with van der Waals surface area (Å²) in [6.45, 7) is 6.22. The Kier molecular flexibility index (Phi) is 6.09. The number of methoxy groups -OCH3 is 1. The maximum Gasteiger partial charge on any atom is 0.251 e. The molecule has 172 valence electrons. The van der Waals surface area contributed by atoms with E-state index in [1.165, 1.54) is 0 Å². The normalized spacial score (nSPS) is 17.2. The van der Waals surface area contributed by atoms with Crippen LogP contribution in [0.3, 0.4) is 0 Å². The fourth-order valence-corrected chi connectivity index (χ4v) is 4.38. The molecule has 1 aliphatic rings. The van der Waals surface area contributed by atoms with Crippen LogP contribution in [0.4, 0.5) is 5.82 Å². The Morgan fingerprint density at radius 2 is 1.97 bits per heavy atom. The molecule has 2 atom stereocenters. The van der Waals surface area contributed by atoms with Gasteiger partial charge in [0.15, 0.2) is 11.5 Å². The number of hydrogen-bond acceptors (Lipinski definition) is 5. The van der Waals surface area contributed by atoms with E-state index in [0.29, 0.717) is 29.5 Å². The molecule has 0 saturated heterocycles. The van der Waals surface area contributed by atoms with Crippen LogP contribution in [0.15, 0.2) is 42.5 Å². The van der Waals surface area contributed by atoms with E-state index in [1.807, 2.05) is 51.1 Å². The number of benzene rings is 2. The van der Waals surface area contributed by atoms with Gasteiger partial charge >= 0.3 is 0 Å². The second kappa shape index (κ2) is 8.97. The third-order valence-corrected chi connectivity index (χ3v) is 5.85. The highest BCUT2D eigenvalue weighted by Crippen LogP contribution is 2.41. The molecule has 8 heteroatoms. The first-order chi connectivity index (χ1) is 15.8. The van der Waals surface area contributed by atoms with Crippen molar-refractivity contribution in [3.63, 3.8) is 0 Å². The number of nitrogens with zero attached hydrogens (tertiary/aromatic N) is 2. The molecule has 0 bridgehead atoms. The Bertz CT molecular complexity index is 1220. The van der Waals surface area contributed by atoms with Crippen LogP contribution >= 0.6 is 0 Å². The lowest BCUT2D eigenvalue weighted by atomic mass is 9.81. The Labute approximate surface area is 192 Å². The molecule has 33 heavy (non-hydrogen) atoms. The summed E-state index contributed by atoms with van der Waals surface area (Å²) in [5.41, 5.74) is 3.92. The number of rotatable bonds is 6. The zero-order chi connectivity index (χ0) is 23.7. The van der Waals surface area contributed by atoms with Crippen molar-refractivity contribution >= 4 is 17.6 Å². The first-order valence-electron chi connectivity index (χ1n) is 10.9. The molecule has 0 saturated carbocycles. The number of carbonyl (C=O) groups excluding carboxylic acids is 2. The lowest BCUT2D eigenvalue weighted by Crippen LogP contribution is -2.50. The largest absolute Gasteiger partial charge is 0.493 e. The monoisotopic (exact) mass is 448 g/mol. The molecule has 4 rings (SSSR count). The minimum absolute atomic E-state index is 0.302. The van der Waals surface area contributed by atoms with Gasteiger partial charge in [-0.15, -0.1) is 0 Å². The lowest BCUT2D eigenvalue weighted by molar-refractivity contribution is -0.118. The summed E-state index contributed by atoms with van der Waals surface area (Å²) in [7, 11) is 3.36. The Balaban J connectivity index is 1.80. The number of fused-ring (bicyclic) bond motifs is 1. The number of aryl methyl sites for hydroxylation is 3. The molecule has 0 radical (unpaired) electrons. The number of hydrogen-bond donors (Lipinski definition) is 2. The van der Waals surface area contributed by atoms with Crippen LogP contribution in [0.5, 0.6) is 11.5 Å². The van der Waals surface area contributed by atoms with E-state index < -0.39 is 12.0 Å². The van der Waals surface area contributed by atoms with Crippen LogP contribution in [0.1, 0.15) is 45.6 Å². The number of nitrogens with one attached hydrogen (secondary N) is 2. The van der Waals surface area contributed by atoms with Gasteiger partial charge in [-0.3, -0.25) is 14.3 Å². The van der Waals surface area contributed by atoms with Gasteiger partial charge in [0.25, 0.3) is 5.91 Å². The zero-order valence-electron chi connectivity index (χ0n) is 19.4. The van der Waals surface area contributed by atoms with Gasteiger partial charge in [0.2, 0.25) is 5.91 Å². The summed E-state index contributed by atoms with van der Waals surface area (Å²) in [5, 5.41) is 10.4. The fourth-order valence-electron chi connectivity index (χ4n) is 4.38. The zero-order valence-corrected chi connectivity index (χ0v) is 19.4. The molecule has 0 spiro atoms. The first kappa shape index (κ1) is 22.4. The van der Waals surface area contributed by atoms with Gasteiger partial charge in [-0.2, -0.15) is 5.10 Å². The first-order valence-corrected chi connectivity index (χ1v) is 10.9. The van der Waals surface area contributed by atoms with Crippen LogP contribution in [-0.4, -0.2) is 41.4 Å². The molecular weight excluding hydrogens is 420 g/mol. The van der Waals surface area contributed by atoms with Gasteiger partial charge in [-0.25, -0.2) is 0 Å². The predicted molar refractivity (Wildman–Crippen MR) is 125 cm³/mol. The van der Waals surface area contributed by atoms with E-state index in [9.17, 15) is 9.59 Å². The number of anilines is 1. The third-order valence-electron chi connectivity index (χ3n) is 5.85. The summed E-state index contributed by atoms with van der Waals surface area (Å²) >= 11 is 0. The number of carbonyl (C=O) groups is 2. The quantitative estimate of drug-likeness (QED) is 0.603. The van der Waals surface area contributed by atoms with E-state index in [4.69, 9.17) is 9.47 Å². The molecule has 0 unspecified atom stereocenters. The van der Waals surface area contributed by atoms with E-state index in [2.05, 4.69) is 15.7 Å². The molecule has 8 nitrogen and oxygen atoms in total. The summed E-state index contributed by atoms with van der Waals surface area (Å²) in [6.07, 6.45) is 0. The van der Waals surface area contributed by atoms with Gasteiger partial charge < -0.3 is 20.1 Å². The molecule has 2 amide bonds. The molecule has 2 heterocycles. The van der Waals surface area contributed by atoms with E-state index in [-0.39, 0.29) is 11.8 Å². The smallest absolute Gasteiger partial charge is 0.251 e. The lowest BCUT2D eigenvalue weighted by Gasteiger charge is -2.33.